The molecule has 0 aliphatic carbocycles. The molecule has 0 spiro atoms. The Kier molecular flexibility index (Phi) is 4.63. The molecule has 4 heteroatoms. The number of carbonyl (C=O) groups excluding carboxylic acids is 1. The molecule has 2 heterocycles. The molecule has 1 aromatic rings. The Hall–Kier alpha value is -1.00. The van der Waals surface area contributed by atoms with Crippen molar-refractivity contribution >= 4 is 23.4 Å². The molecular formula is C16H21NO2S. The minimum atomic E-state index is 0.267. The number of rotatable bonds is 3. The van der Waals surface area contributed by atoms with Gasteiger partial charge < -0.3 is 9.64 Å². The highest BCUT2D eigenvalue weighted by Crippen LogP contribution is 2.34. The Balaban J connectivity index is 1.60. The number of carbonyl (C=O) groups is 1. The van der Waals surface area contributed by atoms with Crippen LogP contribution < -0.4 is 4.90 Å². The van der Waals surface area contributed by atoms with Crippen molar-refractivity contribution in [3.8, 4) is 0 Å². The molecule has 1 atom stereocenters. The normalized spacial score (nSPS) is 22.4. The van der Waals surface area contributed by atoms with Crippen LogP contribution in [0, 0.1) is 5.92 Å². The van der Waals surface area contributed by atoms with Gasteiger partial charge in [0.1, 0.15) is 0 Å². The lowest BCUT2D eigenvalue weighted by molar-refractivity contribution is -0.119. The molecule has 1 aromatic carbocycles. The van der Waals surface area contributed by atoms with Gasteiger partial charge in [0.25, 0.3) is 0 Å². The maximum Gasteiger partial charge on any atom is 0.227 e. The van der Waals surface area contributed by atoms with Crippen molar-refractivity contribution in [2.45, 2.75) is 30.6 Å². The summed E-state index contributed by atoms with van der Waals surface area (Å²) < 4.78 is 5.49. The molecule has 1 fully saturated rings. The topological polar surface area (TPSA) is 29.5 Å². The molecule has 0 aromatic heterocycles. The number of hydrogen-bond acceptors (Lipinski definition) is 3. The van der Waals surface area contributed by atoms with Gasteiger partial charge in [-0.15, -0.1) is 11.8 Å². The van der Waals surface area contributed by atoms with Gasteiger partial charge in [0.15, 0.2) is 0 Å². The van der Waals surface area contributed by atoms with E-state index in [1.165, 1.54) is 11.3 Å². The molecule has 0 N–H and O–H groups in total. The van der Waals surface area contributed by atoms with Crippen LogP contribution in [0.15, 0.2) is 29.2 Å². The minimum Gasteiger partial charge on any atom is -0.381 e. The molecule has 0 bridgehead atoms. The summed E-state index contributed by atoms with van der Waals surface area (Å²) in [6.45, 7) is 2.56. The predicted molar refractivity (Wildman–Crippen MR) is 82.3 cm³/mol. The maximum absolute atomic E-state index is 12.5. The van der Waals surface area contributed by atoms with Crippen LogP contribution in [0.25, 0.3) is 0 Å². The van der Waals surface area contributed by atoms with E-state index in [-0.39, 0.29) is 5.91 Å². The van der Waals surface area contributed by atoms with Crippen LogP contribution in [-0.4, -0.2) is 31.4 Å². The fourth-order valence-corrected chi connectivity index (χ4v) is 3.92. The van der Waals surface area contributed by atoms with E-state index in [4.69, 9.17) is 4.74 Å². The van der Waals surface area contributed by atoms with Gasteiger partial charge in [0.05, 0.1) is 5.69 Å². The van der Waals surface area contributed by atoms with Gasteiger partial charge in [0, 0.05) is 36.8 Å². The largest absolute Gasteiger partial charge is 0.381 e. The van der Waals surface area contributed by atoms with E-state index in [1.807, 2.05) is 28.8 Å². The van der Waals surface area contributed by atoms with Crippen molar-refractivity contribution in [1.29, 1.82) is 0 Å². The van der Waals surface area contributed by atoms with E-state index in [2.05, 4.69) is 12.1 Å². The Morgan fingerprint density at radius 3 is 3.15 bits per heavy atom. The fraction of sp³-hybridized carbons (Fsp3) is 0.562. The van der Waals surface area contributed by atoms with Crippen LogP contribution >= 0.6 is 11.8 Å². The van der Waals surface area contributed by atoms with Gasteiger partial charge in [-0.05, 0) is 37.3 Å². The van der Waals surface area contributed by atoms with Crippen molar-refractivity contribution < 1.29 is 9.53 Å². The summed E-state index contributed by atoms with van der Waals surface area (Å²) in [5, 5.41) is 0. The number of hydrogen-bond donors (Lipinski definition) is 0. The lowest BCUT2D eigenvalue weighted by Gasteiger charge is -2.30. The summed E-state index contributed by atoms with van der Waals surface area (Å²) in [4.78, 5) is 15.7. The molecule has 2 aliphatic heterocycles. The number of amides is 1. The number of nitrogens with zero attached hydrogens (tertiary/aromatic N) is 1. The Bertz CT molecular complexity index is 471. The van der Waals surface area contributed by atoms with Crippen LogP contribution in [0.3, 0.4) is 0 Å². The number of ether oxygens (including phenoxy) is 1. The van der Waals surface area contributed by atoms with Gasteiger partial charge >= 0.3 is 0 Å². The number of fused-ring (bicyclic) bond motifs is 1. The first-order valence-corrected chi connectivity index (χ1v) is 8.43. The maximum atomic E-state index is 12.5. The number of para-hydroxylation sites is 1. The molecule has 20 heavy (non-hydrogen) atoms. The monoisotopic (exact) mass is 291 g/mol. The van der Waals surface area contributed by atoms with Gasteiger partial charge in [-0.3, -0.25) is 4.79 Å². The van der Waals surface area contributed by atoms with Crippen molar-refractivity contribution in [3.05, 3.63) is 24.3 Å². The number of anilines is 1. The van der Waals surface area contributed by atoms with Crippen molar-refractivity contribution in [2.24, 2.45) is 5.92 Å². The average Bonchev–Trinajstić information content (AvgIpc) is 2.53. The predicted octanol–water partition coefficient (Wildman–Crippen LogP) is 3.33. The van der Waals surface area contributed by atoms with Gasteiger partial charge in [0.2, 0.25) is 5.91 Å². The van der Waals surface area contributed by atoms with E-state index in [0.29, 0.717) is 12.3 Å². The summed E-state index contributed by atoms with van der Waals surface area (Å²) in [6.07, 6.45) is 3.96. The zero-order valence-corrected chi connectivity index (χ0v) is 12.5. The second-order valence-electron chi connectivity index (χ2n) is 5.48. The first-order valence-electron chi connectivity index (χ1n) is 7.44. The molecule has 3 rings (SSSR count). The van der Waals surface area contributed by atoms with Gasteiger partial charge in [-0.2, -0.15) is 0 Å². The molecule has 3 nitrogen and oxygen atoms in total. The Morgan fingerprint density at radius 2 is 2.30 bits per heavy atom. The summed E-state index contributed by atoms with van der Waals surface area (Å²) in [7, 11) is 0. The fourth-order valence-electron chi connectivity index (χ4n) is 2.93. The molecular weight excluding hydrogens is 270 g/mol. The van der Waals surface area contributed by atoms with Crippen LogP contribution in [-0.2, 0) is 9.53 Å². The molecule has 1 saturated heterocycles. The summed E-state index contributed by atoms with van der Waals surface area (Å²) in [5.74, 6) is 1.83. The molecule has 1 unspecified atom stereocenters. The quantitative estimate of drug-likeness (QED) is 0.855. The summed E-state index contributed by atoms with van der Waals surface area (Å²) in [6, 6.07) is 8.22. The highest BCUT2D eigenvalue weighted by Gasteiger charge is 2.23. The lowest BCUT2D eigenvalue weighted by Crippen LogP contribution is -2.35. The van der Waals surface area contributed by atoms with E-state index >= 15 is 0 Å². The van der Waals surface area contributed by atoms with Gasteiger partial charge in [-0.25, -0.2) is 0 Å². The van der Waals surface area contributed by atoms with Crippen molar-refractivity contribution in [2.75, 3.05) is 30.4 Å². The smallest absolute Gasteiger partial charge is 0.227 e. The second kappa shape index (κ2) is 6.64. The SMILES string of the molecule is O=C(CCC1CCCOC1)N1CCSc2ccccc21. The third-order valence-corrected chi connectivity index (χ3v) is 5.09. The Labute approximate surface area is 124 Å². The standard InChI is InChI=1S/C16H21NO2S/c18-16(8-7-13-4-3-10-19-12-13)17-9-11-20-15-6-2-1-5-14(15)17/h1-2,5-6,13H,3-4,7-12H2. The minimum absolute atomic E-state index is 0.267. The van der Waals surface area contributed by atoms with Crippen molar-refractivity contribution in [1.82, 2.24) is 0 Å². The third-order valence-electron chi connectivity index (χ3n) is 4.05. The highest BCUT2D eigenvalue weighted by molar-refractivity contribution is 7.99. The van der Waals surface area contributed by atoms with Crippen LogP contribution in [0.2, 0.25) is 0 Å². The third kappa shape index (κ3) is 3.18. The van der Waals surface area contributed by atoms with Crippen LogP contribution in [0.4, 0.5) is 5.69 Å². The lowest BCUT2D eigenvalue weighted by atomic mass is 9.96. The zero-order chi connectivity index (χ0) is 13.8. The molecule has 1 amide bonds. The average molecular weight is 291 g/mol. The van der Waals surface area contributed by atoms with E-state index in [9.17, 15) is 4.79 Å². The van der Waals surface area contributed by atoms with E-state index in [0.717, 1.165) is 44.0 Å². The highest BCUT2D eigenvalue weighted by atomic mass is 32.2. The molecule has 2 aliphatic rings. The van der Waals surface area contributed by atoms with Gasteiger partial charge in [-0.1, -0.05) is 12.1 Å². The van der Waals surface area contributed by atoms with Crippen molar-refractivity contribution in [3.63, 3.8) is 0 Å². The zero-order valence-electron chi connectivity index (χ0n) is 11.7. The first-order chi connectivity index (χ1) is 9.84. The first kappa shape index (κ1) is 14.0. The Morgan fingerprint density at radius 1 is 1.40 bits per heavy atom. The van der Waals surface area contributed by atoms with E-state index < -0.39 is 0 Å². The van der Waals surface area contributed by atoms with Crippen LogP contribution in [0.5, 0.6) is 0 Å². The number of thioether (sulfide) groups is 1. The van der Waals surface area contributed by atoms with Crippen LogP contribution in [0.1, 0.15) is 25.7 Å². The summed E-state index contributed by atoms with van der Waals surface area (Å²) >= 11 is 1.84. The summed E-state index contributed by atoms with van der Waals surface area (Å²) in [5.41, 5.74) is 1.09. The molecule has 0 saturated carbocycles. The number of benzene rings is 1. The van der Waals surface area contributed by atoms with E-state index in [1.54, 1.807) is 0 Å². The molecule has 0 radical (unpaired) electrons. The molecule has 108 valence electrons. The second-order valence-corrected chi connectivity index (χ2v) is 6.62.